The molecule has 5 heteroatoms. The Balaban J connectivity index is 1.99. The van der Waals surface area contributed by atoms with Crippen LogP contribution in [0.1, 0.15) is 11.4 Å². The molecular weight excluding hydrogens is 326 g/mol. The third kappa shape index (κ3) is 2.50. The first-order valence-electron chi connectivity index (χ1n) is 8.00. The zero-order chi connectivity index (χ0) is 18.1. The van der Waals surface area contributed by atoms with Gasteiger partial charge in [0.05, 0.1) is 10.9 Å². The number of aliphatic hydroxyl groups excluding tert-OH is 1. The van der Waals surface area contributed by atoms with E-state index in [0.29, 0.717) is 16.5 Å². The Morgan fingerprint density at radius 3 is 2.46 bits per heavy atom. The Labute approximate surface area is 148 Å². The lowest BCUT2D eigenvalue weighted by atomic mass is 10.0. The summed E-state index contributed by atoms with van der Waals surface area (Å²) in [6, 6.07) is 21.8. The van der Waals surface area contributed by atoms with E-state index in [9.17, 15) is 15.2 Å². The van der Waals surface area contributed by atoms with Crippen LogP contribution in [0.25, 0.3) is 33.0 Å². The highest BCUT2D eigenvalue weighted by Gasteiger charge is 2.16. The fraction of sp³-hybridized carbons (Fsp3) is 0. The van der Waals surface area contributed by atoms with Gasteiger partial charge in [-0.2, -0.15) is 5.26 Å². The average molecular weight is 339 g/mol. The van der Waals surface area contributed by atoms with Crippen LogP contribution in [-0.4, -0.2) is 15.1 Å². The van der Waals surface area contributed by atoms with Gasteiger partial charge in [-0.25, -0.2) is 4.98 Å². The number of H-pyrrole nitrogens is 1. The lowest BCUT2D eigenvalue weighted by Crippen LogP contribution is -2.11. The summed E-state index contributed by atoms with van der Waals surface area (Å²) in [5.41, 5.74) is 0.536. The molecule has 0 aliphatic heterocycles. The van der Waals surface area contributed by atoms with Gasteiger partial charge in [0, 0.05) is 5.56 Å². The van der Waals surface area contributed by atoms with E-state index in [1.807, 2.05) is 36.4 Å². The molecule has 0 aliphatic carbocycles. The molecule has 0 saturated heterocycles. The minimum atomic E-state index is -0.357. The Morgan fingerprint density at radius 1 is 0.962 bits per heavy atom. The van der Waals surface area contributed by atoms with Crippen molar-refractivity contribution >= 4 is 33.0 Å². The van der Waals surface area contributed by atoms with Crippen molar-refractivity contribution in [3.05, 3.63) is 88.5 Å². The van der Waals surface area contributed by atoms with Crippen molar-refractivity contribution in [3.8, 4) is 6.07 Å². The maximum atomic E-state index is 12.3. The number of fused-ring (bicyclic) bond motifs is 2. The van der Waals surface area contributed by atoms with Crippen LogP contribution < -0.4 is 5.56 Å². The number of allylic oxidation sites excluding steroid dienone is 1. The van der Waals surface area contributed by atoms with Crippen molar-refractivity contribution in [2.24, 2.45) is 0 Å². The van der Waals surface area contributed by atoms with Gasteiger partial charge in [-0.3, -0.25) is 4.79 Å². The summed E-state index contributed by atoms with van der Waals surface area (Å²) in [4.78, 5) is 19.2. The van der Waals surface area contributed by atoms with Crippen molar-refractivity contribution < 1.29 is 5.11 Å². The Kier molecular flexibility index (Phi) is 3.71. The van der Waals surface area contributed by atoms with Gasteiger partial charge in [0.15, 0.2) is 5.82 Å². The van der Waals surface area contributed by atoms with Crippen molar-refractivity contribution in [2.45, 2.75) is 0 Å². The average Bonchev–Trinajstić information content (AvgIpc) is 2.68. The van der Waals surface area contributed by atoms with Crippen LogP contribution in [0.5, 0.6) is 0 Å². The summed E-state index contributed by atoms with van der Waals surface area (Å²) in [7, 11) is 0. The highest BCUT2D eigenvalue weighted by atomic mass is 16.3. The van der Waals surface area contributed by atoms with Crippen molar-refractivity contribution in [1.82, 2.24) is 9.97 Å². The summed E-state index contributed by atoms with van der Waals surface area (Å²) in [6.07, 6.45) is 0. The standard InChI is InChI=1S/C21H13N3O2/c22-12-17(20-23-18-11-4-3-9-16(18)21(26)24-20)19(25)15-10-5-7-13-6-1-2-8-14(13)15/h1-11,25H,(H,23,24,26)/b19-17-. The second-order valence-electron chi connectivity index (χ2n) is 5.79. The normalized spacial score (nSPS) is 12.0. The lowest BCUT2D eigenvalue weighted by Gasteiger charge is -2.08. The molecule has 124 valence electrons. The highest BCUT2D eigenvalue weighted by molar-refractivity contribution is 6.01. The molecule has 0 unspecified atom stereocenters. The number of aliphatic hydroxyl groups is 1. The van der Waals surface area contributed by atoms with Crippen LogP contribution >= 0.6 is 0 Å². The number of nitrogens with zero attached hydrogens (tertiary/aromatic N) is 2. The monoisotopic (exact) mass is 339 g/mol. The van der Waals surface area contributed by atoms with Crippen LogP contribution in [-0.2, 0) is 0 Å². The molecule has 2 N–H and O–H groups in total. The van der Waals surface area contributed by atoms with Gasteiger partial charge >= 0.3 is 0 Å². The number of nitrogens with one attached hydrogen (secondary N) is 1. The third-order valence-corrected chi connectivity index (χ3v) is 4.24. The van der Waals surface area contributed by atoms with E-state index in [-0.39, 0.29) is 22.7 Å². The fourth-order valence-corrected chi connectivity index (χ4v) is 2.99. The molecule has 4 rings (SSSR count). The van der Waals surface area contributed by atoms with Crippen LogP contribution in [0.3, 0.4) is 0 Å². The first-order chi connectivity index (χ1) is 12.7. The molecule has 1 aromatic heterocycles. The third-order valence-electron chi connectivity index (χ3n) is 4.24. The van der Waals surface area contributed by atoms with Gasteiger partial charge in [-0.15, -0.1) is 0 Å². The maximum Gasteiger partial charge on any atom is 0.259 e. The quantitative estimate of drug-likeness (QED) is 0.426. The summed E-state index contributed by atoms with van der Waals surface area (Å²) in [5.74, 6) is -0.177. The Bertz CT molecular complexity index is 1270. The molecular formula is C21H13N3O2. The number of rotatable bonds is 2. The zero-order valence-corrected chi connectivity index (χ0v) is 13.6. The molecule has 0 aliphatic rings. The molecule has 0 radical (unpaired) electrons. The van der Waals surface area contributed by atoms with Gasteiger partial charge < -0.3 is 10.1 Å². The number of benzene rings is 3. The molecule has 4 aromatic rings. The van der Waals surface area contributed by atoms with E-state index in [2.05, 4.69) is 9.97 Å². The minimum Gasteiger partial charge on any atom is -0.506 e. The number of hydrogen-bond acceptors (Lipinski definition) is 4. The van der Waals surface area contributed by atoms with Crippen LogP contribution in [0.4, 0.5) is 0 Å². The van der Waals surface area contributed by atoms with Crippen LogP contribution in [0, 0.1) is 11.3 Å². The first-order valence-corrected chi connectivity index (χ1v) is 8.00. The van der Waals surface area contributed by atoms with Crippen LogP contribution in [0.2, 0.25) is 0 Å². The first kappa shape index (κ1) is 15.6. The second kappa shape index (κ2) is 6.19. The topological polar surface area (TPSA) is 89.8 Å². The van der Waals surface area contributed by atoms with Gasteiger partial charge in [0.25, 0.3) is 5.56 Å². The van der Waals surface area contributed by atoms with E-state index in [4.69, 9.17) is 0 Å². The molecule has 1 heterocycles. The number of nitriles is 1. The van der Waals surface area contributed by atoms with E-state index < -0.39 is 0 Å². The summed E-state index contributed by atoms with van der Waals surface area (Å²) in [5, 5.41) is 22.6. The summed E-state index contributed by atoms with van der Waals surface area (Å²) in [6.45, 7) is 0. The fourth-order valence-electron chi connectivity index (χ4n) is 2.99. The molecule has 0 spiro atoms. The minimum absolute atomic E-state index is 0.0432. The van der Waals surface area contributed by atoms with E-state index >= 15 is 0 Å². The van der Waals surface area contributed by atoms with Gasteiger partial charge in [-0.05, 0) is 22.9 Å². The molecule has 5 nitrogen and oxygen atoms in total. The van der Waals surface area contributed by atoms with Gasteiger partial charge in [0.2, 0.25) is 0 Å². The van der Waals surface area contributed by atoms with Crippen molar-refractivity contribution in [1.29, 1.82) is 5.26 Å². The molecule has 26 heavy (non-hydrogen) atoms. The summed E-state index contributed by atoms with van der Waals surface area (Å²) < 4.78 is 0. The highest BCUT2D eigenvalue weighted by Crippen LogP contribution is 2.28. The largest absolute Gasteiger partial charge is 0.506 e. The molecule has 3 aromatic carbocycles. The van der Waals surface area contributed by atoms with Crippen molar-refractivity contribution in [2.75, 3.05) is 0 Å². The molecule has 0 saturated carbocycles. The zero-order valence-electron chi connectivity index (χ0n) is 13.6. The SMILES string of the molecule is N#C/C(=C(/O)c1cccc2ccccc12)c1nc2ccccc2c(=O)[nH]1. The van der Waals surface area contributed by atoms with E-state index in [1.54, 1.807) is 36.4 Å². The second-order valence-corrected chi connectivity index (χ2v) is 5.79. The Hall–Kier alpha value is -3.91. The predicted octanol–water partition coefficient (Wildman–Crippen LogP) is 4.03. The number of para-hydroxylation sites is 1. The van der Waals surface area contributed by atoms with Gasteiger partial charge in [-0.1, -0.05) is 54.6 Å². The predicted molar refractivity (Wildman–Crippen MR) is 101 cm³/mol. The number of aromatic nitrogens is 2. The molecule has 0 fully saturated rings. The van der Waals surface area contributed by atoms with Crippen LogP contribution in [0.15, 0.2) is 71.5 Å². The lowest BCUT2D eigenvalue weighted by molar-refractivity contribution is 0.514. The molecule has 0 atom stereocenters. The smallest absolute Gasteiger partial charge is 0.259 e. The van der Waals surface area contributed by atoms with E-state index in [1.165, 1.54) is 0 Å². The maximum absolute atomic E-state index is 12.3. The summed E-state index contributed by atoms with van der Waals surface area (Å²) >= 11 is 0. The van der Waals surface area contributed by atoms with Crippen molar-refractivity contribution in [3.63, 3.8) is 0 Å². The number of hydrogen-bond donors (Lipinski definition) is 2. The molecule has 0 bridgehead atoms. The number of aromatic amines is 1. The molecule has 0 amide bonds. The van der Waals surface area contributed by atoms with E-state index in [0.717, 1.165) is 10.8 Å². The van der Waals surface area contributed by atoms with Gasteiger partial charge in [0.1, 0.15) is 17.4 Å². The Morgan fingerprint density at radius 2 is 1.65 bits per heavy atom.